The lowest BCUT2D eigenvalue weighted by Crippen LogP contribution is -2.24. The molecular weight excluding hydrogens is 334 g/mol. The van der Waals surface area contributed by atoms with E-state index in [1.807, 2.05) is 13.8 Å². The Kier molecular flexibility index (Phi) is 3.56. The molecule has 1 aromatic carbocycles. The predicted molar refractivity (Wildman–Crippen MR) is 85.8 cm³/mol. The monoisotopic (exact) mass is 351 g/mol. The SMILES string of the molecule is Cn1ncc(NS(=O)(=O)c2ccc3c(c2)CC(C)(C)O3)c1C(=O)O. The van der Waals surface area contributed by atoms with Crippen molar-refractivity contribution in [2.24, 2.45) is 7.05 Å². The largest absolute Gasteiger partial charge is 0.487 e. The molecule has 8 nitrogen and oxygen atoms in total. The summed E-state index contributed by atoms with van der Waals surface area (Å²) in [5.41, 5.74) is 0.108. The first-order valence-electron chi connectivity index (χ1n) is 7.19. The molecule has 2 aromatic rings. The summed E-state index contributed by atoms with van der Waals surface area (Å²) in [7, 11) is -2.51. The molecule has 1 aromatic heterocycles. The van der Waals surface area contributed by atoms with Gasteiger partial charge in [0.15, 0.2) is 5.69 Å². The average molecular weight is 351 g/mol. The summed E-state index contributed by atoms with van der Waals surface area (Å²) in [5.74, 6) is -0.608. The Hall–Kier alpha value is -2.55. The van der Waals surface area contributed by atoms with Crippen LogP contribution in [-0.4, -0.2) is 34.9 Å². The van der Waals surface area contributed by atoms with Crippen molar-refractivity contribution in [3.63, 3.8) is 0 Å². The number of fused-ring (bicyclic) bond motifs is 1. The van der Waals surface area contributed by atoms with Gasteiger partial charge in [0.2, 0.25) is 0 Å². The molecule has 24 heavy (non-hydrogen) atoms. The molecule has 0 radical (unpaired) electrons. The molecule has 2 heterocycles. The zero-order chi connectivity index (χ0) is 17.7. The third-order valence-corrected chi connectivity index (χ3v) is 5.09. The Balaban J connectivity index is 1.95. The van der Waals surface area contributed by atoms with Crippen LogP contribution in [0.4, 0.5) is 5.69 Å². The number of anilines is 1. The van der Waals surface area contributed by atoms with Crippen molar-refractivity contribution in [1.82, 2.24) is 9.78 Å². The summed E-state index contributed by atoms with van der Waals surface area (Å²) < 4.78 is 34.2. The van der Waals surface area contributed by atoms with Crippen LogP contribution in [-0.2, 0) is 23.5 Å². The fourth-order valence-electron chi connectivity index (χ4n) is 2.72. The van der Waals surface area contributed by atoms with E-state index in [1.54, 1.807) is 12.1 Å². The van der Waals surface area contributed by atoms with E-state index >= 15 is 0 Å². The number of hydrogen-bond donors (Lipinski definition) is 2. The highest BCUT2D eigenvalue weighted by atomic mass is 32.2. The molecule has 0 aliphatic carbocycles. The number of hydrogen-bond acceptors (Lipinski definition) is 5. The smallest absolute Gasteiger partial charge is 0.356 e. The highest BCUT2D eigenvalue weighted by molar-refractivity contribution is 7.92. The Bertz CT molecular complexity index is 931. The summed E-state index contributed by atoms with van der Waals surface area (Å²) in [6.45, 7) is 3.85. The van der Waals surface area contributed by atoms with E-state index in [0.29, 0.717) is 12.2 Å². The van der Waals surface area contributed by atoms with Gasteiger partial charge in [0.25, 0.3) is 10.0 Å². The maximum Gasteiger partial charge on any atom is 0.356 e. The number of aromatic nitrogens is 2. The second-order valence-corrected chi connectivity index (χ2v) is 7.93. The molecule has 1 aliphatic heterocycles. The number of nitrogens with zero attached hydrogens (tertiary/aromatic N) is 2. The molecule has 0 bridgehead atoms. The zero-order valence-electron chi connectivity index (χ0n) is 13.4. The van der Waals surface area contributed by atoms with Gasteiger partial charge in [-0.3, -0.25) is 9.40 Å². The van der Waals surface area contributed by atoms with Gasteiger partial charge in [0.1, 0.15) is 17.0 Å². The normalized spacial score (nSPS) is 15.6. The van der Waals surface area contributed by atoms with E-state index in [4.69, 9.17) is 4.74 Å². The van der Waals surface area contributed by atoms with Crippen LogP contribution in [0.1, 0.15) is 29.9 Å². The van der Waals surface area contributed by atoms with Crippen molar-refractivity contribution in [3.05, 3.63) is 35.7 Å². The summed E-state index contributed by atoms with van der Waals surface area (Å²) in [6, 6.07) is 4.59. The van der Waals surface area contributed by atoms with Crippen molar-refractivity contribution in [3.8, 4) is 5.75 Å². The second kappa shape index (κ2) is 5.23. The third kappa shape index (κ3) is 2.82. The van der Waals surface area contributed by atoms with E-state index in [-0.39, 0.29) is 21.9 Å². The number of benzene rings is 1. The quantitative estimate of drug-likeness (QED) is 0.866. The number of aryl methyl sites for hydroxylation is 1. The minimum Gasteiger partial charge on any atom is -0.487 e. The Morgan fingerprint density at radius 3 is 2.79 bits per heavy atom. The van der Waals surface area contributed by atoms with Gasteiger partial charge in [-0.15, -0.1) is 0 Å². The van der Waals surface area contributed by atoms with E-state index in [0.717, 1.165) is 10.2 Å². The van der Waals surface area contributed by atoms with Crippen LogP contribution >= 0.6 is 0 Å². The zero-order valence-corrected chi connectivity index (χ0v) is 14.2. The molecule has 0 amide bonds. The summed E-state index contributed by atoms with van der Waals surface area (Å²) in [6.07, 6.45) is 1.76. The van der Waals surface area contributed by atoms with Gasteiger partial charge in [-0.1, -0.05) is 0 Å². The first kappa shape index (κ1) is 16.3. The molecule has 1 aliphatic rings. The van der Waals surface area contributed by atoms with Crippen molar-refractivity contribution in [2.75, 3.05) is 4.72 Å². The molecular formula is C15H17N3O5S. The van der Waals surface area contributed by atoms with Crippen molar-refractivity contribution in [2.45, 2.75) is 30.8 Å². The number of carboxylic acid groups (broad SMARTS) is 1. The number of sulfonamides is 1. The lowest BCUT2D eigenvalue weighted by molar-refractivity contribution is 0.0686. The van der Waals surface area contributed by atoms with Crippen LogP contribution < -0.4 is 9.46 Å². The van der Waals surface area contributed by atoms with Crippen LogP contribution in [0.5, 0.6) is 5.75 Å². The van der Waals surface area contributed by atoms with E-state index in [9.17, 15) is 18.3 Å². The molecule has 0 fully saturated rings. The molecule has 0 saturated carbocycles. The number of carboxylic acids is 1. The van der Waals surface area contributed by atoms with Crippen LogP contribution in [0.2, 0.25) is 0 Å². The summed E-state index contributed by atoms with van der Waals surface area (Å²) in [5, 5.41) is 13.0. The molecule has 0 unspecified atom stereocenters. The molecule has 128 valence electrons. The number of rotatable bonds is 4. The Labute approximate surface area is 139 Å². The number of aromatic carboxylic acids is 1. The standard InChI is InChI=1S/C15H17N3O5S/c1-15(2)7-9-6-10(4-5-12(9)23-15)24(21,22)17-11-8-16-18(3)13(11)14(19)20/h4-6,8,17H,7H2,1-3H3,(H,19,20). The van der Waals surface area contributed by atoms with Crippen molar-refractivity contribution in [1.29, 1.82) is 0 Å². The molecule has 0 saturated heterocycles. The van der Waals surface area contributed by atoms with Gasteiger partial charge in [-0.25, -0.2) is 13.2 Å². The molecule has 0 spiro atoms. The van der Waals surface area contributed by atoms with Crippen LogP contribution in [0.15, 0.2) is 29.3 Å². The van der Waals surface area contributed by atoms with E-state index in [2.05, 4.69) is 9.82 Å². The fourth-order valence-corrected chi connectivity index (χ4v) is 3.82. The molecule has 9 heteroatoms. The highest BCUT2D eigenvalue weighted by Gasteiger charge is 2.31. The predicted octanol–water partition coefficient (Wildman–Crippen LogP) is 1.63. The number of nitrogens with one attached hydrogen (secondary N) is 1. The fraction of sp³-hybridized carbons (Fsp3) is 0.333. The lowest BCUT2D eigenvalue weighted by atomic mass is 10.0. The van der Waals surface area contributed by atoms with Crippen LogP contribution in [0, 0.1) is 0 Å². The van der Waals surface area contributed by atoms with Crippen LogP contribution in [0.25, 0.3) is 0 Å². The average Bonchev–Trinajstić information content (AvgIpc) is 2.95. The summed E-state index contributed by atoms with van der Waals surface area (Å²) >= 11 is 0. The Morgan fingerprint density at radius 2 is 2.12 bits per heavy atom. The topological polar surface area (TPSA) is 111 Å². The van der Waals surface area contributed by atoms with Gasteiger partial charge < -0.3 is 9.84 Å². The minimum atomic E-state index is -3.94. The summed E-state index contributed by atoms with van der Waals surface area (Å²) in [4.78, 5) is 11.3. The number of carbonyl (C=O) groups is 1. The van der Waals surface area contributed by atoms with Crippen molar-refractivity contribution < 1.29 is 23.1 Å². The molecule has 0 atom stereocenters. The maximum atomic E-state index is 12.6. The minimum absolute atomic E-state index is 0.0442. The lowest BCUT2D eigenvalue weighted by Gasteiger charge is -2.16. The second-order valence-electron chi connectivity index (χ2n) is 6.25. The van der Waals surface area contributed by atoms with Gasteiger partial charge in [0, 0.05) is 13.5 Å². The molecule has 3 rings (SSSR count). The first-order valence-corrected chi connectivity index (χ1v) is 8.67. The third-order valence-electron chi connectivity index (χ3n) is 3.73. The molecule has 2 N–H and O–H groups in total. The maximum absolute atomic E-state index is 12.6. The highest BCUT2D eigenvalue weighted by Crippen LogP contribution is 2.36. The van der Waals surface area contributed by atoms with Gasteiger partial charge >= 0.3 is 5.97 Å². The van der Waals surface area contributed by atoms with Gasteiger partial charge in [-0.05, 0) is 37.6 Å². The van der Waals surface area contributed by atoms with Gasteiger partial charge in [-0.2, -0.15) is 5.10 Å². The van der Waals surface area contributed by atoms with E-state index < -0.39 is 16.0 Å². The first-order chi connectivity index (χ1) is 11.1. The van der Waals surface area contributed by atoms with E-state index in [1.165, 1.54) is 19.3 Å². The Morgan fingerprint density at radius 1 is 1.42 bits per heavy atom. The number of ether oxygens (including phenoxy) is 1. The van der Waals surface area contributed by atoms with Crippen LogP contribution in [0.3, 0.4) is 0 Å². The van der Waals surface area contributed by atoms with Gasteiger partial charge in [0.05, 0.1) is 11.1 Å². The van der Waals surface area contributed by atoms with Crippen molar-refractivity contribution >= 4 is 21.7 Å².